The van der Waals surface area contributed by atoms with Crippen LogP contribution in [0.2, 0.25) is 0 Å². The van der Waals surface area contributed by atoms with Crippen LogP contribution in [0.1, 0.15) is 33.8 Å². The van der Waals surface area contributed by atoms with E-state index in [1.807, 2.05) is 25.1 Å². The van der Waals surface area contributed by atoms with Gasteiger partial charge in [0.1, 0.15) is 0 Å². The van der Waals surface area contributed by atoms with Crippen molar-refractivity contribution in [1.82, 2.24) is 15.5 Å². The smallest absolute Gasteiger partial charge is 0.322 e. The van der Waals surface area contributed by atoms with Gasteiger partial charge in [0.2, 0.25) is 0 Å². The third-order valence-corrected chi connectivity index (χ3v) is 5.88. The van der Waals surface area contributed by atoms with Crippen LogP contribution in [0.25, 0.3) is 0 Å². The normalized spacial score (nSPS) is 19.4. The summed E-state index contributed by atoms with van der Waals surface area (Å²) in [7, 11) is 0. The number of carbonyl (C=O) groups is 2. The molecule has 2 aromatic carbocycles. The summed E-state index contributed by atoms with van der Waals surface area (Å²) >= 11 is 0. The Morgan fingerprint density at radius 2 is 2.00 bits per heavy atom. The zero-order valence-corrected chi connectivity index (χ0v) is 16.9. The predicted octanol–water partition coefficient (Wildman–Crippen LogP) is 2.74. The van der Waals surface area contributed by atoms with Crippen molar-refractivity contribution in [2.24, 2.45) is 0 Å². The summed E-state index contributed by atoms with van der Waals surface area (Å²) in [5.74, 6) is 0.489. The molecule has 2 aliphatic heterocycles. The van der Waals surface area contributed by atoms with Crippen molar-refractivity contribution in [3.05, 3.63) is 65.2 Å². The number of amides is 3. The molecule has 0 aliphatic carbocycles. The van der Waals surface area contributed by atoms with Gasteiger partial charge in [-0.15, -0.1) is 0 Å². The number of urea groups is 1. The van der Waals surface area contributed by atoms with Gasteiger partial charge < -0.3 is 15.5 Å². The van der Waals surface area contributed by atoms with Gasteiger partial charge in [-0.05, 0) is 49.1 Å². The third-order valence-electron chi connectivity index (χ3n) is 5.88. The number of hydrogen-bond donors (Lipinski definition) is 2. The number of rotatable bonds is 6. The van der Waals surface area contributed by atoms with Gasteiger partial charge in [-0.25, -0.2) is 4.79 Å². The summed E-state index contributed by atoms with van der Waals surface area (Å²) in [5, 5.41) is 5.84. The van der Waals surface area contributed by atoms with Crippen LogP contribution in [0.4, 0.5) is 10.5 Å². The Bertz CT molecular complexity index is 884. The van der Waals surface area contributed by atoms with Crippen molar-refractivity contribution in [2.45, 2.75) is 19.3 Å². The molecule has 1 atom stereocenters. The van der Waals surface area contributed by atoms with Crippen molar-refractivity contribution >= 4 is 17.6 Å². The largest absolute Gasteiger partial charge is 0.351 e. The molecule has 0 aromatic heterocycles. The van der Waals surface area contributed by atoms with Crippen molar-refractivity contribution < 1.29 is 9.59 Å². The first-order valence-corrected chi connectivity index (χ1v) is 10.3. The van der Waals surface area contributed by atoms with Crippen LogP contribution in [0.5, 0.6) is 0 Å². The van der Waals surface area contributed by atoms with Gasteiger partial charge in [-0.3, -0.25) is 9.69 Å². The summed E-state index contributed by atoms with van der Waals surface area (Å²) in [4.78, 5) is 28.7. The van der Waals surface area contributed by atoms with Crippen molar-refractivity contribution in [1.29, 1.82) is 0 Å². The quantitative estimate of drug-likeness (QED) is 0.795. The number of anilines is 1. The van der Waals surface area contributed by atoms with E-state index >= 15 is 0 Å². The van der Waals surface area contributed by atoms with Crippen LogP contribution >= 0.6 is 0 Å². The van der Waals surface area contributed by atoms with E-state index in [1.54, 1.807) is 4.90 Å². The second-order valence-corrected chi connectivity index (χ2v) is 7.84. The molecule has 0 spiro atoms. The van der Waals surface area contributed by atoms with Crippen LogP contribution < -0.4 is 15.5 Å². The summed E-state index contributed by atoms with van der Waals surface area (Å²) in [6.45, 7) is 6.79. The average molecular weight is 393 g/mol. The molecule has 0 saturated carbocycles. The second kappa shape index (κ2) is 8.66. The van der Waals surface area contributed by atoms with Gasteiger partial charge in [0.15, 0.2) is 0 Å². The van der Waals surface area contributed by atoms with E-state index in [9.17, 15) is 9.59 Å². The number of likely N-dealkylation sites (tertiary alicyclic amines) is 1. The fourth-order valence-electron chi connectivity index (χ4n) is 4.21. The zero-order valence-electron chi connectivity index (χ0n) is 16.9. The van der Waals surface area contributed by atoms with E-state index in [0.29, 0.717) is 31.1 Å². The Kier molecular flexibility index (Phi) is 5.81. The van der Waals surface area contributed by atoms with Gasteiger partial charge in [-0.1, -0.05) is 36.4 Å². The van der Waals surface area contributed by atoms with E-state index in [4.69, 9.17) is 0 Å². The summed E-state index contributed by atoms with van der Waals surface area (Å²) in [6, 6.07) is 16.1. The SMILES string of the molecule is Cc1ccc(C(=O)NCCN2CC[C@@H](c3ccccc3)C2)cc1N1CCNC1=O. The van der Waals surface area contributed by atoms with Gasteiger partial charge in [0, 0.05) is 44.0 Å². The zero-order chi connectivity index (χ0) is 20.2. The fraction of sp³-hybridized carbons (Fsp3) is 0.391. The van der Waals surface area contributed by atoms with Gasteiger partial charge in [0.05, 0.1) is 0 Å². The molecule has 29 heavy (non-hydrogen) atoms. The lowest BCUT2D eigenvalue weighted by Gasteiger charge is -2.19. The number of aryl methyl sites for hydroxylation is 1. The maximum Gasteiger partial charge on any atom is 0.322 e. The van der Waals surface area contributed by atoms with Crippen LogP contribution in [0.3, 0.4) is 0 Å². The second-order valence-electron chi connectivity index (χ2n) is 7.84. The molecular weight excluding hydrogens is 364 g/mol. The molecule has 6 heteroatoms. The molecule has 6 nitrogen and oxygen atoms in total. The minimum absolute atomic E-state index is 0.0929. The van der Waals surface area contributed by atoms with E-state index < -0.39 is 0 Å². The summed E-state index contributed by atoms with van der Waals surface area (Å²) in [5.41, 5.74) is 3.78. The van der Waals surface area contributed by atoms with E-state index in [1.165, 1.54) is 5.56 Å². The average Bonchev–Trinajstić information content (AvgIpc) is 3.38. The Labute approximate surface area is 171 Å². The molecule has 2 N–H and O–H groups in total. The number of nitrogens with zero attached hydrogens (tertiary/aromatic N) is 2. The Morgan fingerprint density at radius 1 is 1.17 bits per heavy atom. The lowest BCUT2D eigenvalue weighted by atomic mass is 9.99. The van der Waals surface area contributed by atoms with Gasteiger partial charge in [0.25, 0.3) is 5.91 Å². The lowest BCUT2D eigenvalue weighted by Crippen LogP contribution is -2.34. The minimum atomic E-state index is -0.104. The molecular formula is C23H28N4O2. The monoisotopic (exact) mass is 392 g/mol. The molecule has 152 valence electrons. The first-order chi connectivity index (χ1) is 14.1. The maximum absolute atomic E-state index is 12.6. The third kappa shape index (κ3) is 4.43. The fourth-order valence-corrected chi connectivity index (χ4v) is 4.21. The molecule has 3 amide bonds. The number of benzene rings is 2. The van der Waals surface area contributed by atoms with Crippen LogP contribution in [0.15, 0.2) is 48.5 Å². The van der Waals surface area contributed by atoms with Crippen LogP contribution in [-0.2, 0) is 0 Å². The van der Waals surface area contributed by atoms with Crippen molar-refractivity contribution in [2.75, 3.05) is 44.2 Å². The maximum atomic E-state index is 12.6. The van der Waals surface area contributed by atoms with Crippen molar-refractivity contribution in [3.63, 3.8) is 0 Å². The molecule has 2 aliphatic rings. The molecule has 4 rings (SSSR count). The lowest BCUT2D eigenvalue weighted by molar-refractivity contribution is 0.0949. The topological polar surface area (TPSA) is 64.7 Å². The summed E-state index contributed by atoms with van der Waals surface area (Å²) in [6.07, 6.45) is 1.16. The predicted molar refractivity (Wildman–Crippen MR) is 114 cm³/mol. The van der Waals surface area contributed by atoms with Crippen LogP contribution in [0, 0.1) is 6.92 Å². The molecule has 2 fully saturated rings. The Balaban J connectivity index is 1.30. The number of hydrogen-bond acceptors (Lipinski definition) is 3. The Hall–Kier alpha value is -2.86. The van der Waals surface area contributed by atoms with Crippen LogP contribution in [-0.4, -0.2) is 56.1 Å². The molecule has 0 radical (unpaired) electrons. The minimum Gasteiger partial charge on any atom is -0.351 e. The molecule has 0 bridgehead atoms. The standard InChI is InChI=1S/C23H28N4O2/c1-17-7-8-19(15-21(17)27-14-11-25-23(27)29)22(28)24-10-13-26-12-9-20(16-26)18-5-3-2-4-6-18/h2-8,15,20H,9-14,16H2,1H3,(H,24,28)(H,25,29)/t20-/m1/s1. The van der Waals surface area contributed by atoms with E-state index in [-0.39, 0.29) is 11.9 Å². The number of nitrogens with one attached hydrogen (secondary N) is 2. The van der Waals surface area contributed by atoms with E-state index in [0.717, 1.165) is 37.3 Å². The van der Waals surface area contributed by atoms with E-state index in [2.05, 4.69) is 45.9 Å². The highest BCUT2D eigenvalue weighted by Crippen LogP contribution is 2.26. The molecule has 0 unspecified atom stereocenters. The highest BCUT2D eigenvalue weighted by atomic mass is 16.2. The summed E-state index contributed by atoms with van der Waals surface area (Å²) < 4.78 is 0. The first-order valence-electron chi connectivity index (χ1n) is 10.3. The highest BCUT2D eigenvalue weighted by molar-refractivity contribution is 5.99. The first kappa shape index (κ1) is 19.5. The van der Waals surface area contributed by atoms with Gasteiger partial charge in [-0.2, -0.15) is 0 Å². The number of carbonyl (C=O) groups excluding carboxylic acids is 2. The molecule has 2 aromatic rings. The van der Waals surface area contributed by atoms with Gasteiger partial charge >= 0.3 is 6.03 Å². The molecule has 2 saturated heterocycles. The Morgan fingerprint density at radius 3 is 2.76 bits per heavy atom. The highest BCUT2D eigenvalue weighted by Gasteiger charge is 2.24. The molecule has 2 heterocycles. The van der Waals surface area contributed by atoms with Crippen molar-refractivity contribution in [3.8, 4) is 0 Å².